The number of fused-ring (bicyclic) bond motifs is 1. The predicted molar refractivity (Wildman–Crippen MR) is 128 cm³/mol. The molecular formula is C22H22F3N3O6S2. The summed E-state index contributed by atoms with van der Waals surface area (Å²) in [6.07, 6.45) is -3.03. The Labute approximate surface area is 208 Å². The van der Waals surface area contributed by atoms with Gasteiger partial charge in [-0.1, -0.05) is 0 Å². The summed E-state index contributed by atoms with van der Waals surface area (Å²) in [5, 5.41) is 19.5. The number of rotatable bonds is 10. The maximum absolute atomic E-state index is 13.5. The summed E-state index contributed by atoms with van der Waals surface area (Å²) in [6, 6.07) is 5.44. The molecule has 3 rings (SSSR count). The maximum Gasteiger partial charge on any atom is 0.430 e. The average Bonchev–Trinajstić information content (AvgIpc) is 3.45. The number of benzene rings is 1. The monoisotopic (exact) mass is 545 g/mol. The molecule has 1 aromatic carbocycles. The lowest BCUT2D eigenvalue weighted by Crippen LogP contribution is -2.24. The quantitative estimate of drug-likeness (QED) is 0.328. The van der Waals surface area contributed by atoms with E-state index in [1.54, 1.807) is 6.07 Å². The van der Waals surface area contributed by atoms with Crippen molar-refractivity contribution in [2.45, 2.75) is 23.2 Å². The highest BCUT2D eigenvalue weighted by atomic mass is 32.2. The van der Waals surface area contributed by atoms with E-state index in [2.05, 4.69) is 0 Å². The normalized spacial score (nSPS) is 12.6. The number of carboxylic acids is 1. The van der Waals surface area contributed by atoms with Crippen LogP contribution in [0.15, 0.2) is 46.4 Å². The summed E-state index contributed by atoms with van der Waals surface area (Å²) in [5.41, 5.74) is -1.03. The number of alkyl halides is 3. The van der Waals surface area contributed by atoms with Crippen molar-refractivity contribution >= 4 is 43.9 Å². The van der Waals surface area contributed by atoms with Gasteiger partial charge in [0.05, 0.1) is 30.3 Å². The van der Waals surface area contributed by atoms with Gasteiger partial charge < -0.3 is 19.9 Å². The number of hydrogen-bond acceptors (Lipinski definition) is 8. The first-order valence-electron chi connectivity index (χ1n) is 10.2. The first kappa shape index (κ1) is 27.1. The van der Waals surface area contributed by atoms with E-state index in [0.29, 0.717) is 34.1 Å². The zero-order valence-corrected chi connectivity index (χ0v) is 20.9. The van der Waals surface area contributed by atoms with Gasteiger partial charge in [0.15, 0.2) is 11.5 Å². The first-order chi connectivity index (χ1) is 16.8. The van der Waals surface area contributed by atoms with Crippen LogP contribution in [0.1, 0.15) is 16.9 Å². The van der Waals surface area contributed by atoms with Crippen LogP contribution in [0.4, 0.5) is 13.2 Å². The Hall–Kier alpha value is -3.52. The van der Waals surface area contributed by atoms with Crippen LogP contribution < -0.4 is 14.8 Å². The number of carboxylic acid groups (broad SMARTS) is 1. The van der Waals surface area contributed by atoms with Crippen LogP contribution in [0.5, 0.6) is 11.5 Å². The van der Waals surface area contributed by atoms with Crippen molar-refractivity contribution in [3.63, 3.8) is 0 Å². The van der Waals surface area contributed by atoms with Gasteiger partial charge in [0, 0.05) is 31.1 Å². The van der Waals surface area contributed by atoms with Crippen molar-refractivity contribution in [1.29, 1.82) is 5.41 Å². The summed E-state index contributed by atoms with van der Waals surface area (Å²) < 4.78 is 77.4. The molecule has 0 bridgehead atoms. The van der Waals surface area contributed by atoms with Gasteiger partial charge >= 0.3 is 12.1 Å². The molecule has 2 aromatic heterocycles. The molecule has 2 heterocycles. The first-order valence-corrected chi connectivity index (χ1v) is 12.5. The number of aryl methyl sites for hydroxylation is 1. The van der Waals surface area contributed by atoms with Crippen molar-refractivity contribution in [3.8, 4) is 11.5 Å². The van der Waals surface area contributed by atoms with E-state index in [1.807, 2.05) is 5.32 Å². The zero-order chi connectivity index (χ0) is 26.8. The van der Waals surface area contributed by atoms with E-state index in [0.717, 1.165) is 11.0 Å². The molecule has 0 saturated carbocycles. The lowest BCUT2D eigenvalue weighted by molar-refractivity contribution is -0.136. The number of allylic oxidation sites excluding steroid dienone is 2. The second-order valence-electron chi connectivity index (χ2n) is 7.41. The molecule has 9 nitrogen and oxygen atoms in total. The van der Waals surface area contributed by atoms with Gasteiger partial charge in [-0.05, 0) is 36.3 Å². The van der Waals surface area contributed by atoms with E-state index in [4.69, 9.17) is 20.0 Å². The second-order valence-corrected chi connectivity index (χ2v) is 10.5. The Bertz CT molecular complexity index is 1460. The highest BCUT2D eigenvalue weighted by Crippen LogP contribution is 2.37. The largest absolute Gasteiger partial charge is 0.493 e. The molecule has 0 saturated heterocycles. The topological polar surface area (TPSA) is 131 Å². The number of aromatic nitrogens is 1. The molecular weight excluding hydrogens is 523 g/mol. The molecule has 0 aliphatic rings. The Morgan fingerprint density at radius 2 is 1.86 bits per heavy atom. The highest BCUT2D eigenvalue weighted by molar-refractivity contribution is 7.92. The third-order valence-electron chi connectivity index (χ3n) is 5.19. The maximum atomic E-state index is 13.5. The minimum Gasteiger partial charge on any atom is -0.493 e. The van der Waals surface area contributed by atoms with Crippen molar-refractivity contribution in [2.75, 3.05) is 21.3 Å². The molecule has 0 spiro atoms. The zero-order valence-electron chi connectivity index (χ0n) is 19.3. The van der Waals surface area contributed by atoms with Crippen LogP contribution >= 0.6 is 11.3 Å². The molecule has 0 atom stereocenters. The number of aliphatic carboxylic acids is 1. The number of hydrogen-bond donors (Lipinski definition) is 3. The fraction of sp³-hybridized carbons (Fsp3) is 0.273. The van der Waals surface area contributed by atoms with Crippen molar-refractivity contribution in [2.24, 2.45) is 0 Å². The van der Waals surface area contributed by atoms with Crippen LogP contribution in [0.3, 0.4) is 0 Å². The van der Waals surface area contributed by atoms with Crippen LogP contribution in [-0.2, 0) is 21.2 Å². The minimum atomic E-state index is -4.70. The average molecular weight is 546 g/mol. The minimum absolute atomic E-state index is 0.00684. The molecule has 0 radical (unpaired) electrons. The predicted octanol–water partition coefficient (Wildman–Crippen LogP) is 4.01. The van der Waals surface area contributed by atoms with E-state index in [9.17, 15) is 26.4 Å². The summed E-state index contributed by atoms with van der Waals surface area (Å²) in [7, 11) is -0.415. The Morgan fingerprint density at radius 1 is 1.22 bits per heavy atom. The number of thiophene rings is 1. The van der Waals surface area contributed by atoms with E-state index in [-0.39, 0.29) is 33.2 Å². The van der Waals surface area contributed by atoms with Gasteiger partial charge in [0.2, 0.25) is 0 Å². The number of nitrogens with one attached hydrogen (secondary N) is 2. The van der Waals surface area contributed by atoms with Gasteiger partial charge in [-0.25, -0.2) is 3.97 Å². The van der Waals surface area contributed by atoms with E-state index >= 15 is 0 Å². The molecule has 0 fully saturated rings. The molecule has 36 heavy (non-hydrogen) atoms. The molecule has 0 aliphatic heterocycles. The van der Waals surface area contributed by atoms with E-state index in [1.165, 1.54) is 38.6 Å². The fourth-order valence-corrected chi connectivity index (χ4v) is 6.14. The van der Waals surface area contributed by atoms with Crippen molar-refractivity contribution in [1.82, 2.24) is 9.29 Å². The van der Waals surface area contributed by atoms with Crippen molar-refractivity contribution in [3.05, 3.63) is 52.7 Å². The summed E-state index contributed by atoms with van der Waals surface area (Å²) in [6.45, 7) is 0. The lowest BCUT2D eigenvalue weighted by atomic mass is 10.1. The third-order valence-corrected chi connectivity index (χ3v) is 8.45. The standard InChI is InChI=1S/C22H22F3N3O6S2/c1-27-19(22(23,24)25)9-14(26)18-5-7-21(35-18)36(31,32)28-11-12(4-6-20(29)30)13-8-16(33-2)17(34-3)10-15(13)28/h5,7-11,26-27H,4,6H2,1-3H3,(H,29,30)/b19-9-,26-14?. The number of nitrogens with zero attached hydrogens (tertiary/aromatic N) is 1. The SMILES string of the molecule is CN/C(=C\C(=N)c1ccc(S(=O)(=O)n2cc(CCC(=O)O)c3cc(OC)c(OC)cc32)s1)C(F)(F)F. The van der Waals surface area contributed by atoms with Crippen LogP contribution in [0, 0.1) is 5.41 Å². The number of halogens is 3. The fourth-order valence-electron chi connectivity index (χ4n) is 3.44. The van der Waals surface area contributed by atoms with Crippen molar-refractivity contribution < 1.29 is 41.0 Å². The Kier molecular flexibility index (Phi) is 7.69. The summed E-state index contributed by atoms with van der Waals surface area (Å²) in [5.74, 6) is -0.497. The van der Waals surface area contributed by atoms with Gasteiger partial charge in [0.1, 0.15) is 9.91 Å². The number of methoxy groups -OCH3 is 2. The van der Waals surface area contributed by atoms with Crippen LogP contribution in [0.25, 0.3) is 10.9 Å². The molecule has 3 aromatic rings. The summed E-state index contributed by atoms with van der Waals surface area (Å²) >= 11 is 0.636. The number of carbonyl (C=O) groups is 1. The third kappa shape index (κ3) is 5.33. The molecule has 14 heteroatoms. The van der Waals surface area contributed by atoms with Gasteiger partial charge in [-0.2, -0.15) is 21.6 Å². The van der Waals surface area contributed by atoms with E-state index < -0.39 is 33.6 Å². The molecule has 0 unspecified atom stereocenters. The summed E-state index contributed by atoms with van der Waals surface area (Å²) in [4.78, 5) is 11.1. The lowest BCUT2D eigenvalue weighted by Gasteiger charge is -2.11. The van der Waals surface area contributed by atoms with Gasteiger partial charge in [-0.15, -0.1) is 11.3 Å². The molecule has 0 amide bonds. The molecule has 3 N–H and O–H groups in total. The smallest absolute Gasteiger partial charge is 0.430 e. The van der Waals surface area contributed by atoms with Gasteiger partial charge in [0.25, 0.3) is 10.0 Å². The number of ether oxygens (including phenoxy) is 2. The van der Waals surface area contributed by atoms with Crippen LogP contribution in [-0.4, -0.2) is 56.6 Å². The highest BCUT2D eigenvalue weighted by Gasteiger charge is 2.33. The second kappa shape index (κ2) is 10.2. The Balaban J connectivity index is 2.12. The van der Waals surface area contributed by atoms with Gasteiger partial charge in [-0.3, -0.25) is 10.2 Å². The Morgan fingerprint density at radius 3 is 2.42 bits per heavy atom. The molecule has 194 valence electrons. The molecule has 0 aliphatic carbocycles. The van der Waals surface area contributed by atoms with Crippen LogP contribution in [0.2, 0.25) is 0 Å².